The lowest BCUT2D eigenvalue weighted by Crippen LogP contribution is -2.66. The van der Waals surface area contributed by atoms with Gasteiger partial charge >= 0.3 is 0 Å². The fourth-order valence-corrected chi connectivity index (χ4v) is 13.0. The average molecular weight is 682 g/mol. The molecule has 2 saturated heterocycles. The zero-order valence-electron chi connectivity index (χ0n) is 29.6. The minimum Gasteiger partial charge on any atom is -0.459 e. The van der Waals surface area contributed by atoms with Gasteiger partial charge in [0.05, 0.1) is 31.2 Å². The Kier molecular flexibility index (Phi) is 10.6. The molecule has 2 aliphatic heterocycles. The molecule has 3 heterocycles. The van der Waals surface area contributed by atoms with Gasteiger partial charge in [-0.05, 0) is 76.9 Å². The highest BCUT2D eigenvalue weighted by Crippen LogP contribution is 2.50. The fraction of sp³-hybridized carbons (Fsp3) is 0.463. The highest BCUT2D eigenvalue weighted by Gasteiger charge is 2.57. The van der Waals surface area contributed by atoms with Crippen LogP contribution in [0.1, 0.15) is 78.2 Å². The predicted molar refractivity (Wildman–Crippen MR) is 195 cm³/mol. The van der Waals surface area contributed by atoms with Crippen LogP contribution in [0.15, 0.2) is 93.9 Å². The Morgan fingerprint density at radius 3 is 2.20 bits per heavy atom. The van der Waals surface area contributed by atoms with E-state index in [0.717, 1.165) is 37.0 Å². The predicted octanol–water partition coefficient (Wildman–Crippen LogP) is 6.65. The third kappa shape index (κ3) is 6.68. The molecule has 7 nitrogen and oxygen atoms in total. The molecule has 2 amide bonds. The van der Waals surface area contributed by atoms with E-state index >= 15 is 0 Å². The van der Waals surface area contributed by atoms with Crippen molar-refractivity contribution in [1.82, 2.24) is 4.90 Å². The summed E-state index contributed by atoms with van der Waals surface area (Å²) in [7, 11) is -2.85. The maximum Gasteiger partial charge on any atom is 0.261 e. The van der Waals surface area contributed by atoms with E-state index in [-0.39, 0.29) is 47.3 Å². The second-order valence-electron chi connectivity index (χ2n) is 14.8. The Morgan fingerprint density at radius 1 is 0.959 bits per heavy atom. The van der Waals surface area contributed by atoms with Crippen LogP contribution >= 0.6 is 0 Å². The van der Waals surface area contributed by atoms with Gasteiger partial charge in [0.15, 0.2) is 0 Å². The summed E-state index contributed by atoms with van der Waals surface area (Å²) in [6.07, 6.45) is 5.59. The van der Waals surface area contributed by atoms with E-state index in [9.17, 15) is 14.7 Å². The van der Waals surface area contributed by atoms with E-state index in [1.807, 2.05) is 13.0 Å². The van der Waals surface area contributed by atoms with E-state index in [0.29, 0.717) is 31.9 Å². The van der Waals surface area contributed by atoms with Crippen LogP contribution in [0.5, 0.6) is 0 Å². The number of imide groups is 1. The average Bonchev–Trinajstić information content (AvgIpc) is 3.81. The summed E-state index contributed by atoms with van der Waals surface area (Å²) in [4.78, 5) is 29.1. The van der Waals surface area contributed by atoms with Gasteiger partial charge in [-0.3, -0.25) is 14.5 Å². The molecule has 1 aromatic heterocycles. The van der Waals surface area contributed by atoms with Crippen molar-refractivity contribution in [2.24, 2.45) is 17.8 Å². The lowest BCUT2D eigenvalue weighted by atomic mass is 9.69. The van der Waals surface area contributed by atoms with Crippen molar-refractivity contribution in [3.63, 3.8) is 0 Å². The van der Waals surface area contributed by atoms with Crippen LogP contribution in [0, 0.1) is 17.8 Å². The number of aliphatic hydroxyl groups is 1. The van der Waals surface area contributed by atoms with E-state index in [4.69, 9.17) is 13.6 Å². The van der Waals surface area contributed by atoms with Crippen LogP contribution in [-0.4, -0.2) is 56.0 Å². The number of amides is 2. The Bertz CT molecular complexity index is 1650. The number of ether oxygens (including phenoxy) is 1. The number of furan rings is 1. The summed E-state index contributed by atoms with van der Waals surface area (Å²) in [5.74, 6) is 0.309. The van der Waals surface area contributed by atoms with E-state index in [2.05, 4.69) is 94.4 Å². The van der Waals surface area contributed by atoms with Crippen LogP contribution in [0.4, 0.5) is 0 Å². The molecule has 1 aliphatic carbocycles. The number of hydrogen-bond acceptors (Lipinski definition) is 6. The van der Waals surface area contributed by atoms with Crippen molar-refractivity contribution in [1.29, 1.82) is 0 Å². The molecule has 0 spiro atoms. The fourth-order valence-electron chi connectivity index (χ4n) is 8.50. The summed E-state index contributed by atoms with van der Waals surface area (Å²) in [6, 6.07) is 25.0. The third-order valence-corrected chi connectivity index (χ3v) is 15.8. The molecule has 0 unspecified atom stereocenters. The first-order valence-electron chi connectivity index (χ1n) is 18.0. The third-order valence-electron chi connectivity index (χ3n) is 10.8. The molecule has 3 aliphatic rings. The summed E-state index contributed by atoms with van der Waals surface area (Å²) in [5.41, 5.74) is 3.53. The van der Waals surface area contributed by atoms with Crippen LogP contribution in [-0.2, 0) is 25.4 Å². The molecule has 260 valence electrons. The molecule has 2 aromatic carbocycles. The lowest BCUT2D eigenvalue weighted by Gasteiger charge is -2.44. The first-order valence-corrected chi connectivity index (χ1v) is 19.9. The zero-order valence-corrected chi connectivity index (χ0v) is 30.6. The van der Waals surface area contributed by atoms with Crippen LogP contribution < -0.4 is 10.4 Å². The second-order valence-corrected chi connectivity index (χ2v) is 19.1. The van der Waals surface area contributed by atoms with Gasteiger partial charge in [0.2, 0.25) is 11.8 Å². The number of carbonyl (C=O) groups excluding carboxylic acids is 2. The topological polar surface area (TPSA) is 89.2 Å². The first-order chi connectivity index (χ1) is 23.6. The van der Waals surface area contributed by atoms with Crippen molar-refractivity contribution >= 4 is 36.6 Å². The Balaban J connectivity index is 1.37. The molecular formula is C41H51NO6Si. The molecule has 1 N–H and O–H groups in total. The summed E-state index contributed by atoms with van der Waals surface area (Å²) < 4.78 is 19.8. The van der Waals surface area contributed by atoms with Gasteiger partial charge < -0.3 is 18.7 Å². The normalized spacial score (nSPS) is 23.0. The number of hydrogen-bond donors (Lipinski definition) is 1. The van der Waals surface area contributed by atoms with Gasteiger partial charge in [-0.25, -0.2) is 0 Å². The maximum atomic E-state index is 13.8. The van der Waals surface area contributed by atoms with E-state index in [1.54, 1.807) is 6.07 Å². The van der Waals surface area contributed by atoms with E-state index in [1.165, 1.54) is 26.4 Å². The minimum absolute atomic E-state index is 0.0396. The second kappa shape index (κ2) is 14.7. The Labute approximate surface area is 292 Å². The lowest BCUT2D eigenvalue weighted by molar-refractivity contribution is -0.140. The number of benzene rings is 2. The number of rotatable bonds is 13. The summed E-state index contributed by atoms with van der Waals surface area (Å²) in [5, 5.41) is 11.7. The number of carbonyl (C=O) groups is 2. The van der Waals surface area contributed by atoms with Crippen molar-refractivity contribution < 1.29 is 28.3 Å². The molecule has 2 fully saturated rings. The van der Waals surface area contributed by atoms with Gasteiger partial charge in [0, 0.05) is 12.5 Å². The van der Waals surface area contributed by atoms with Gasteiger partial charge in [-0.1, -0.05) is 101 Å². The van der Waals surface area contributed by atoms with Crippen LogP contribution in [0.2, 0.25) is 5.04 Å². The van der Waals surface area contributed by atoms with Crippen molar-refractivity contribution in [2.75, 3.05) is 19.8 Å². The minimum atomic E-state index is -2.85. The molecule has 0 radical (unpaired) electrons. The van der Waals surface area contributed by atoms with Gasteiger partial charge in [-0.2, -0.15) is 0 Å². The number of aliphatic hydroxyl groups excluding tert-OH is 1. The maximum absolute atomic E-state index is 13.8. The zero-order chi connectivity index (χ0) is 34.8. The summed E-state index contributed by atoms with van der Waals surface area (Å²) in [6.45, 7) is 12.1. The number of allylic oxidation sites excluding steroid dienone is 1. The van der Waals surface area contributed by atoms with Crippen molar-refractivity contribution in [3.05, 3.63) is 101 Å². The van der Waals surface area contributed by atoms with Crippen molar-refractivity contribution in [2.45, 2.75) is 84.5 Å². The highest BCUT2D eigenvalue weighted by molar-refractivity contribution is 6.99. The Hall–Kier alpha value is -3.56. The Morgan fingerprint density at radius 2 is 1.63 bits per heavy atom. The first kappa shape index (κ1) is 35.3. The summed E-state index contributed by atoms with van der Waals surface area (Å²) >= 11 is 0. The van der Waals surface area contributed by atoms with Gasteiger partial charge in [-0.15, -0.1) is 0 Å². The molecule has 8 heteroatoms. The number of likely N-dealkylation sites (tertiary alicyclic amines) is 1. The highest BCUT2D eigenvalue weighted by atomic mass is 28.4. The molecular weight excluding hydrogens is 631 g/mol. The van der Waals surface area contributed by atoms with Gasteiger partial charge in [0.1, 0.15) is 18.1 Å². The standard InChI is InChI=1S/C41H51NO6Si/c1-6-22-42-39(44)34-24-29(26-47-49(41(3,4)5,32-14-10-8-11-15-32)33-16-12-9-13-17-33)37-35(38(34)40(42)45)27-46-36(37)21-18-28(7-2)23-30-19-20-31(25-43)48-30/h8-17,19-20,23,34-36,38,43H,6-7,18,21-22,24-27H2,1-5H3/b28-23+/t34-,35+,36-,38-/m1/s1. The molecule has 6 rings (SSSR count). The number of fused-ring (bicyclic) bond motifs is 3. The molecule has 3 aromatic rings. The quantitative estimate of drug-likeness (QED) is 0.124. The SMILES string of the molecule is CCCN1C(=O)[C@@H]2[C@@H](CC(CO[Si](c3ccccc3)(c3ccccc3)C(C)(C)C)=C3[C@@H](CC/C(=C/c4ccc(CO)o4)CC)OC[C@@H]32)C1=O. The van der Waals surface area contributed by atoms with Crippen LogP contribution in [0.3, 0.4) is 0 Å². The monoisotopic (exact) mass is 681 g/mol. The molecule has 0 bridgehead atoms. The number of nitrogens with zero attached hydrogens (tertiary/aromatic N) is 1. The van der Waals surface area contributed by atoms with E-state index < -0.39 is 8.32 Å². The largest absolute Gasteiger partial charge is 0.459 e. The molecule has 49 heavy (non-hydrogen) atoms. The van der Waals surface area contributed by atoms with Crippen molar-refractivity contribution in [3.8, 4) is 0 Å². The van der Waals surface area contributed by atoms with Crippen LogP contribution in [0.25, 0.3) is 6.08 Å². The molecule has 4 atom stereocenters. The van der Waals surface area contributed by atoms with Gasteiger partial charge in [0.25, 0.3) is 8.32 Å². The molecule has 0 saturated carbocycles. The smallest absolute Gasteiger partial charge is 0.261 e.